The summed E-state index contributed by atoms with van der Waals surface area (Å²) in [5.41, 5.74) is 7.22. The van der Waals surface area contributed by atoms with Gasteiger partial charge < -0.3 is 11.1 Å². The van der Waals surface area contributed by atoms with Gasteiger partial charge in [-0.25, -0.2) is 4.39 Å². The van der Waals surface area contributed by atoms with Crippen molar-refractivity contribution in [3.05, 3.63) is 34.1 Å². The standard InChI is InChI=1S/C17H22BrFN2O/c1-9(6-10-2-5-14(19)13(18)7-10)21-17(22)15-11-3-4-12(8-11)16(15)20/h2,5,7,9,11-12,15-16H,3-4,6,8,20H2,1H3,(H,21,22). The summed E-state index contributed by atoms with van der Waals surface area (Å²) < 4.78 is 13.7. The van der Waals surface area contributed by atoms with Crippen molar-refractivity contribution in [3.8, 4) is 0 Å². The van der Waals surface area contributed by atoms with Gasteiger partial charge in [0.1, 0.15) is 5.82 Å². The van der Waals surface area contributed by atoms with Gasteiger partial charge in [0.2, 0.25) is 5.91 Å². The fourth-order valence-electron chi connectivity index (χ4n) is 4.14. The molecular weight excluding hydrogens is 347 g/mol. The summed E-state index contributed by atoms with van der Waals surface area (Å²) in [4.78, 5) is 12.5. The van der Waals surface area contributed by atoms with E-state index in [1.807, 2.05) is 6.92 Å². The van der Waals surface area contributed by atoms with Crippen LogP contribution in [-0.2, 0) is 11.2 Å². The lowest BCUT2D eigenvalue weighted by Crippen LogP contribution is -2.47. The highest BCUT2D eigenvalue weighted by Gasteiger charge is 2.49. The molecule has 0 saturated heterocycles. The second-order valence-corrected chi connectivity index (χ2v) is 7.65. The molecule has 0 spiro atoms. The predicted octanol–water partition coefficient (Wildman–Crippen LogP) is 3.01. The molecule has 3 rings (SSSR count). The van der Waals surface area contributed by atoms with Gasteiger partial charge in [0.25, 0.3) is 0 Å². The molecular formula is C17H22BrFN2O. The van der Waals surface area contributed by atoms with Crippen molar-refractivity contribution < 1.29 is 9.18 Å². The van der Waals surface area contributed by atoms with Gasteiger partial charge in [0, 0.05) is 12.1 Å². The number of halogens is 2. The molecule has 2 bridgehead atoms. The Morgan fingerprint density at radius 2 is 2.18 bits per heavy atom. The molecule has 2 saturated carbocycles. The molecule has 0 heterocycles. The van der Waals surface area contributed by atoms with Crippen LogP contribution in [0.2, 0.25) is 0 Å². The normalized spacial score (nSPS) is 31.3. The Balaban J connectivity index is 1.58. The molecule has 2 fully saturated rings. The second-order valence-electron chi connectivity index (χ2n) is 6.80. The van der Waals surface area contributed by atoms with E-state index < -0.39 is 0 Å². The van der Waals surface area contributed by atoms with E-state index in [1.165, 1.54) is 12.5 Å². The molecule has 5 heteroatoms. The maximum Gasteiger partial charge on any atom is 0.225 e. The van der Waals surface area contributed by atoms with E-state index in [4.69, 9.17) is 5.73 Å². The molecule has 1 aromatic rings. The Hall–Kier alpha value is -0.940. The van der Waals surface area contributed by atoms with Gasteiger partial charge in [-0.1, -0.05) is 6.07 Å². The summed E-state index contributed by atoms with van der Waals surface area (Å²) in [5, 5.41) is 3.09. The fraction of sp³-hybridized carbons (Fsp3) is 0.588. The SMILES string of the molecule is CC(Cc1ccc(F)c(Br)c1)NC(=O)C1C2CCC(C2)C1N. The summed E-state index contributed by atoms with van der Waals surface area (Å²) in [7, 11) is 0. The zero-order valence-electron chi connectivity index (χ0n) is 12.7. The van der Waals surface area contributed by atoms with Crippen molar-refractivity contribution in [2.45, 2.75) is 44.7 Å². The van der Waals surface area contributed by atoms with Crippen molar-refractivity contribution in [3.63, 3.8) is 0 Å². The van der Waals surface area contributed by atoms with Crippen molar-refractivity contribution in [1.82, 2.24) is 5.32 Å². The van der Waals surface area contributed by atoms with Crippen LogP contribution < -0.4 is 11.1 Å². The number of hydrogen-bond acceptors (Lipinski definition) is 2. The van der Waals surface area contributed by atoms with Gasteiger partial charge in [-0.2, -0.15) is 0 Å². The first-order chi connectivity index (χ1) is 10.5. The topological polar surface area (TPSA) is 55.1 Å². The summed E-state index contributed by atoms with van der Waals surface area (Å²) in [6.07, 6.45) is 4.10. The molecule has 3 N–H and O–H groups in total. The van der Waals surface area contributed by atoms with Crippen LogP contribution in [0.25, 0.3) is 0 Å². The van der Waals surface area contributed by atoms with Crippen LogP contribution in [0.3, 0.4) is 0 Å². The first kappa shape index (κ1) is 15.9. The van der Waals surface area contributed by atoms with Crippen molar-refractivity contribution in [2.24, 2.45) is 23.5 Å². The van der Waals surface area contributed by atoms with Crippen LogP contribution in [-0.4, -0.2) is 18.0 Å². The molecule has 0 radical (unpaired) electrons. The number of rotatable bonds is 4. The van der Waals surface area contributed by atoms with E-state index in [-0.39, 0.29) is 29.7 Å². The van der Waals surface area contributed by atoms with Gasteiger partial charge in [-0.05, 0) is 78.1 Å². The summed E-state index contributed by atoms with van der Waals surface area (Å²) >= 11 is 3.19. The van der Waals surface area contributed by atoms with Gasteiger partial charge in [-0.15, -0.1) is 0 Å². The highest BCUT2D eigenvalue weighted by Crippen LogP contribution is 2.47. The Morgan fingerprint density at radius 3 is 2.82 bits per heavy atom. The summed E-state index contributed by atoms with van der Waals surface area (Å²) in [6.45, 7) is 1.98. The molecule has 5 atom stereocenters. The lowest BCUT2D eigenvalue weighted by molar-refractivity contribution is -0.127. The molecule has 1 aromatic carbocycles. The van der Waals surface area contributed by atoms with Crippen LogP contribution in [0, 0.1) is 23.6 Å². The monoisotopic (exact) mass is 368 g/mol. The number of benzene rings is 1. The highest BCUT2D eigenvalue weighted by atomic mass is 79.9. The smallest absolute Gasteiger partial charge is 0.225 e. The van der Waals surface area contributed by atoms with Crippen LogP contribution in [0.5, 0.6) is 0 Å². The van der Waals surface area contributed by atoms with Crippen LogP contribution in [0.4, 0.5) is 4.39 Å². The lowest BCUT2D eigenvalue weighted by atomic mass is 9.84. The molecule has 5 unspecified atom stereocenters. The Kier molecular flexibility index (Phi) is 4.55. The summed E-state index contributed by atoms with van der Waals surface area (Å²) in [6, 6.07) is 5.00. The number of nitrogens with two attached hydrogens (primary N) is 1. The molecule has 2 aliphatic carbocycles. The average molecular weight is 369 g/mol. The van der Waals surface area contributed by atoms with Crippen LogP contribution in [0.1, 0.15) is 31.7 Å². The average Bonchev–Trinajstić information content (AvgIpc) is 3.03. The van der Waals surface area contributed by atoms with E-state index in [0.29, 0.717) is 22.7 Å². The number of nitrogens with one attached hydrogen (secondary N) is 1. The minimum Gasteiger partial charge on any atom is -0.353 e. The minimum absolute atomic E-state index is 0.0104. The second kappa shape index (κ2) is 6.28. The Labute approximate surface area is 139 Å². The molecule has 0 aromatic heterocycles. The lowest BCUT2D eigenvalue weighted by Gasteiger charge is -2.28. The van der Waals surface area contributed by atoms with Crippen molar-refractivity contribution in [1.29, 1.82) is 0 Å². The van der Waals surface area contributed by atoms with E-state index in [1.54, 1.807) is 12.1 Å². The molecule has 2 aliphatic rings. The van der Waals surface area contributed by atoms with Crippen LogP contribution in [0.15, 0.2) is 22.7 Å². The number of carbonyl (C=O) groups excluding carboxylic acids is 1. The minimum atomic E-state index is -0.270. The quantitative estimate of drug-likeness (QED) is 0.857. The van der Waals surface area contributed by atoms with E-state index in [2.05, 4.69) is 21.2 Å². The van der Waals surface area contributed by atoms with E-state index in [9.17, 15) is 9.18 Å². The number of carbonyl (C=O) groups is 1. The predicted molar refractivity (Wildman–Crippen MR) is 87.7 cm³/mol. The summed E-state index contributed by atoms with van der Waals surface area (Å²) in [5.74, 6) is 0.791. The zero-order chi connectivity index (χ0) is 15.9. The number of amides is 1. The van der Waals surface area contributed by atoms with Crippen molar-refractivity contribution in [2.75, 3.05) is 0 Å². The first-order valence-electron chi connectivity index (χ1n) is 7.95. The molecule has 1 amide bonds. The third-order valence-electron chi connectivity index (χ3n) is 5.20. The molecule has 3 nitrogen and oxygen atoms in total. The van der Waals surface area contributed by atoms with Gasteiger partial charge in [-0.3, -0.25) is 4.79 Å². The zero-order valence-corrected chi connectivity index (χ0v) is 14.3. The fourth-order valence-corrected chi connectivity index (χ4v) is 4.56. The maximum atomic E-state index is 13.2. The van der Waals surface area contributed by atoms with E-state index in [0.717, 1.165) is 18.4 Å². The molecule has 22 heavy (non-hydrogen) atoms. The van der Waals surface area contributed by atoms with Gasteiger partial charge in [0.15, 0.2) is 0 Å². The van der Waals surface area contributed by atoms with Crippen LogP contribution >= 0.6 is 15.9 Å². The Bertz CT molecular complexity index is 578. The largest absolute Gasteiger partial charge is 0.353 e. The highest BCUT2D eigenvalue weighted by molar-refractivity contribution is 9.10. The number of fused-ring (bicyclic) bond motifs is 2. The Morgan fingerprint density at radius 1 is 1.45 bits per heavy atom. The first-order valence-corrected chi connectivity index (χ1v) is 8.75. The third kappa shape index (κ3) is 3.06. The van der Waals surface area contributed by atoms with Crippen molar-refractivity contribution >= 4 is 21.8 Å². The van der Waals surface area contributed by atoms with Gasteiger partial charge >= 0.3 is 0 Å². The molecule has 120 valence electrons. The van der Waals surface area contributed by atoms with E-state index >= 15 is 0 Å². The number of hydrogen-bond donors (Lipinski definition) is 2. The maximum absolute atomic E-state index is 13.2. The molecule has 0 aliphatic heterocycles. The van der Waals surface area contributed by atoms with Gasteiger partial charge in [0.05, 0.1) is 10.4 Å². The third-order valence-corrected chi connectivity index (χ3v) is 5.81.